The van der Waals surface area contributed by atoms with Crippen molar-refractivity contribution < 1.29 is 9.72 Å². The smallest absolute Gasteiger partial charge is 0.284 e. The second kappa shape index (κ2) is 9.97. The Labute approximate surface area is 199 Å². The summed E-state index contributed by atoms with van der Waals surface area (Å²) >= 11 is 7.31. The van der Waals surface area contributed by atoms with E-state index < -0.39 is 4.92 Å². The first-order chi connectivity index (χ1) is 15.9. The molecule has 0 saturated heterocycles. The van der Waals surface area contributed by atoms with E-state index in [1.165, 1.54) is 23.9 Å². The van der Waals surface area contributed by atoms with Gasteiger partial charge in [-0.3, -0.25) is 19.9 Å². The lowest BCUT2D eigenvalue weighted by Crippen LogP contribution is -2.13. The van der Waals surface area contributed by atoms with E-state index in [1.807, 2.05) is 49.4 Å². The highest BCUT2D eigenvalue weighted by Crippen LogP contribution is 2.36. The molecule has 0 aliphatic carbocycles. The zero-order valence-electron chi connectivity index (χ0n) is 17.6. The molecule has 9 heteroatoms. The molecule has 0 fully saturated rings. The summed E-state index contributed by atoms with van der Waals surface area (Å²) in [5, 5.41) is 14.4. The van der Waals surface area contributed by atoms with Gasteiger partial charge >= 0.3 is 0 Å². The lowest BCUT2D eigenvalue weighted by Gasteiger charge is -2.11. The van der Waals surface area contributed by atoms with Gasteiger partial charge in [-0.1, -0.05) is 41.9 Å². The quantitative estimate of drug-likeness (QED) is 0.190. The Kier molecular flexibility index (Phi) is 6.86. The van der Waals surface area contributed by atoms with Crippen molar-refractivity contribution in [1.82, 2.24) is 9.97 Å². The Morgan fingerprint density at radius 2 is 1.91 bits per heavy atom. The van der Waals surface area contributed by atoms with Gasteiger partial charge in [0.15, 0.2) is 0 Å². The van der Waals surface area contributed by atoms with Crippen LogP contribution in [0.25, 0.3) is 22.3 Å². The number of nitrogens with one attached hydrogen (secondary N) is 1. The van der Waals surface area contributed by atoms with Gasteiger partial charge in [0.25, 0.3) is 5.69 Å². The second-order valence-corrected chi connectivity index (χ2v) is 8.78. The van der Waals surface area contributed by atoms with Crippen molar-refractivity contribution in [3.63, 3.8) is 0 Å². The first-order valence-corrected chi connectivity index (χ1v) is 11.5. The van der Waals surface area contributed by atoms with E-state index in [9.17, 15) is 14.9 Å². The van der Waals surface area contributed by atoms with Crippen molar-refractivity contribution in [1.29, 1.82) is 0 Å². The highest BCUT2D eigenvalue weighted by atomic mass is 35.5. The minimum atomic E-state index is -0.473. The van der Waals surface area contributed by atoms with Gasteiger partial charge in [0.05, 0.1) is 32.9 Å². The molecular weight excluding hydrogens is 460 g/mol. The van der Waals surface area contributed by atoms with Crippen molar-refractivity contribution in [2.24, 2.45) is 0 Å². The fraction of sp³-hybridized carbons (Fsp3) is 0.125. The van der Waals surface area contributed by atoms with Crippen LogP contribution >= 0.6 is 23.4 Å². The van der Waals surface area contributed by atoms with Gasteiger partial charge in [-0.2, -0.15) is 0 Å². The molecule has 3 aromatic carbocycles. The van der Waals surface area contributed by atoms with Crippen LogP contribution in [0, 0.1) is 17.0 Å². The third-order valence-electron chi connectivity index (χ3n) is 4.97. The summed E-state index contributed by atoms with van der Waals surface area (Å²) < 4.78 is 0. The third-order valence-corrected chi connectivity index (χ3v) is 6.53. The van der Waals surface area contributed by atoms with Crippen LogP contribution in [0.4, 0.5) is 11.4 Å². The number of rotatable bonds is 7. The van der Waals surface area contributed by atoms with Crippen LogP contribution in [0.3, 0.4) is 0 Å². The molecule has 1 amide bonds. The monoisotopic (exact) mass is 478 g/mol. The number of hydrogen-bond donors (Lipinski definition) is 1. The number of nitro benzene ring substituents is 1. The van der Waals surface area contributed by atoms with Crippen molar-refractivity contribution in [2.45, 2.75) is 18.2 Å². The predicted octanol–water partition coefficient (Wildman–Crippen LogP) is 6.29. The van der Waals surface area contributed by atoms with E-state index in [0.717, 1.165) is 22.2 Å². The SMILES string of the molecule is Cc1ccc(-c2cnc3ccccc3n2)cc1NC(=O)CCSc1c(Cl)cccc1[N+](=O)[O-]. The van der Waals surface area contributed by atoms with Crippen LogP contribution in [0.5, 0.6) is 0 Å². The molecule has 0 bridgehead atoms. The Bertz CT molecular complexity index is 1360. The lowest BCUT2D eigenvalue weighted by atomic mass is 10.1. The zero-order valence-corrected chi connectivity index (χ0v) is 19.2. The summed E-state index contributed by atoms with van der Waals surface area (Å²) in [5.41, 5.74) is 4.70. The van der Waals surface area contributed by atoms with Crippen molar-refractivity contribution >= 4 is 51.7 Å². The van der Waals surface area contributed by atoms with Crippen LogP contribution in [0.15, 0.2) is 71.8 Å². The molecule has 0 aliphatic rings. The lowest BCUT2D eigenvalue weighted by molar-refractivity contribution is -0.387. The van der Waals surface area contributed by atoms with Gasteiger partial charge in [-0.25, -0.2) is 4.98 Å². The molecule has 33 heavy (non-hydrogen) atoms. The first-order valence-electron chi connectivity index (χ1n) is 10.1. The molecule has 4 rings (SSSR count). The average molecular weight is 479 g/mol. The van der Waals surface area contributed by atoms with Gasteiger partial charge in [0.1, 0.15) is 4.90 Å². The molecule has 7 nitrogen and oxygen atoms in total. The number of carbonyl (C=O) groups excluding carboxylic acids is 1. The number of aryl methyl sites for hydroxylation is 1. The summed E-state index contributed by atoms with van der Waals surface area (Å²) in [7, 11) is 0. The van der Waals surface area contributed by atoms with Gasteiger partial charge in [-0.15, -0.1) is 11.8 Å². The fourth-order valence-electron chi connectivity index (χ4n) is 3.25. The number of benzene rings is 3. The Balaban J connectivity index is 1.45. The van der Waals surface area contributed by atoms with Crippen LogP contribution < -0.4 is 5.32 Å². The maximum atomic E-state index is 12.6. The van der Waals surface area contributed by atoms with E-state index in [1.54, 1.807) is 12.3 Å². The van der Waals surface area contributed by atoms with Crippen LogP contribution in [-0.2, 0) is 4.79 Å². The van der Waals surface area contributed by atoms with Gasteiger partial charge in [0.2, 0.25) is 5.91 Å². The van der Waals surface area contributed by atoms with Crippen LogP contribution in [0.2, 0.25) is 5.02 Å². The number of hydrogen-bond acceptors (Lipinski definition) is 6. The predicted molar refractivity (Wildman–Crippen MR) is 132 cm³/mol. The number of aromatic nitrogens is 2. The Morgan fingerprint density at radius 3 is 2.70 bits per heavy atom. The summed E-state index contributed by atoms with van der Waals surface area (Å²) in [5.74, 6) is 0.160. The molecule has 0 spiro atoms. The average Bonchev–Trinajstić information content (AvgIpc) is 2.81. The highest BCUT2D eigenvalue weighted by molar-refractivity contribution is 7.99. The van der Waals surface area contributed by atoms with Gasteiger partial charge < -0.3 is 5.32 Å². The molecule has 1 aromatic heterocycles. The van der Waals surface area contributed by atoms with E-state index in [-0.39, 0.29) is 18.0 Å². The molecule has 1 N–H and O–H groups in total. The topological polar surface area (TPSA) is 98.0 Å². The van der Waals surface area contributed by atoms with Crippen LogP contribution in [0.1, 0.15) is 12.0 Å². The minimum absolute atomic E-state index is 0.0621. The number of fused-ring (bicyclic) bond motifs is 1. The van der Waals surface area contributed by atoms with Crippen molar-refractivity contribution in [3.8, 4) is 11.3 Å². The Morgan fingerprint density at radius 1 is 1.12 bits per heavy atom. The standard InChI is InChI=1S/C24H19ClN4O3S/c1-15-9-10-16(21-14-26-18-6-2-3-7-19(18)27-21)13-20(15)28-23(30)11-12-33-24-17(25)5-4-8-22(24)29(31)32/h2-10,13-14H,11-12H2,1H3,(H,28,30). The summed E-state index contributed by atoms with van der Waals surface area (Å²) in [6.07, 6.45) is 1.89. The molecule has 166 valence electrons. The van der Waals surface area contributed by atoms with Crippen LogP contribution in [-0.4, -0.2) is 26.6 Å². The third kappa shape index (κ3) is 5.30. The normalized spacial score (nSPS) is 10.8. The Hall–Kier alpha value is -3.49. The fourth-order valence-corrected chi connectivity index (χ4v) is 4.58. The molecule has 0 radical (unpaired) electrons. The molecule has 0 unspecified atom stereocenters. The first kappa shape index (κ1) is 22.7. The number of halogens is 1. The van der Waals surface area contributed by atoms with E-state index in [0.29, 0.717) is 27.1 Å². The number of anilines is 1. The zero-order chi connectivity index (χ0) is 23.4. The summed E-state index contributed by atoms with van der Waals surface area (Å²) in [6, 6.07) is 17.9. The second-order valence-electron chi connectivity index (χ2n) is 7.27. The number of carbonyl (C=O) groups is 1. The van der Waals surface area contributed by atoms with E-state index >= 15 is 0 Å². The van der Waals surface area contributed by atoms with Gasteiger partial charge in [0, 0.05) is 29.5 Å². The highest BCUT2D eigenvalue weighted by Gasteiger charge is 2.17. The number of thioether (sulfide) groups is 1. The largest absolute Gasteiger partial charge is 0.326 e. The maximum absolute atomic E-state index is 12.6. The molecule has 0 saturated carbocycles. The van der Waals surface area contributed by atoms with Crippen molar-refractivity contribution in [3.05, 3.63) is 87.6 Å². The molecule has 1 heterocycles. The van der Waals surface area contributed by atoms with Crippen molar-refractivity contribution in [2.75, 3.05) is 11.1 Å². The van der Waals surface area contributed by atoms with E-state index in [4.69, 9.17) is 11.6 Å². The number of nitro groups is 1. The molecule has 0 aliphatic heterocycles. The number of para-hydroxylation sites is 2. The maximum Gasteiger partial charge on any atom is 0.284 e. The minimum Gasteiger partial charge on any atom is -0.326 e. The summed E-state index contributed by atoms with van der Waals surface area (Å²) in [6.45, 7) is 1.91. The number of nitrogens with zero attached hydrogens (tertiary/aromatic N) is 3. The van der Waals surface area contributed by atoms with E-state index in [2.05, 4.69) is 15.3 Å². The molecule has 4 aromatic rings. The molecule has 0 atom stereocenters. The van der Waals surface area contributed by atoms with Gasteiger partial charge in [-0.05, 0) is 36.8 Å². The number of amides is 1. The molecular formula is C24H19ClN4O3S. The summed E-state index contributed by atoms with van der Waals surface area (Å²) in [4.78, 5) is 32.8.